The van der Waals surface area contributed by atoms with Crippen molar-refractivity contribution in [2.24, 2.45) is 0 Å². The lowest BCUT2D eigenvalue weighted by Crippen LogP contribution is -2.46. The Morgan fingerprint density at radius 1 is 0.484 bits per heavy atom. The van der Waals surface area contributed by atoms with Crippen LogP contribution in [0.4, 0.5) is 0 Å². The van der Waals surface area contributed by atoms with E-state index in [-0.39, 0.29) is 24.9 Å². The third-order valence-electron chi connectivity index (χ3n) is 11.9. The summed E-state index contributed by atoms with van der Waals surface area (Å²) in [4.78, 5) is 26.1. The number of rotatable bonds is 47. The van der Waals surface area contributed by atoms with Gasteiger partial charge < -0.3 is 20.3 Å². The average molecular weight is 868 g/mol. The topological polar surface area (TPSA) is 95.9 Å². The van der Waals surface area contributed by atoms with Crippen molar-refractivity contribution in [3.8, 4) is 0 Å². The van der Waals surface area contributed by atoms with E-state index in [1.54, 1.807) is 0 Å². The molecule has 6 heteroatoms. The molecule has 0 saturated carbocycles. The zero-order chi connectivity index (χ0) is 45.2. The second-order valence-corrected chi connectivity index (χ2v) is 17.9. The predicted octanol–water partition coefficient (Wildman–Crippen LogP) is 16.0. The van der Waals surface area contributed by atoms with E-state index >= 15 is 0 Å². The van der Waals surface area contributed by atoms with Gasteiger partial charge in [-0.1, -0.05) is 236 Å². The summed E-state index contributed by atoms with van der Waals surface area (Å²) in [5.41, 5.74) is 0. The SMILES string of the molecule is CC/C=C\C/C=C\C/C=C\C/C=C\C/C=C\CCCCCC(=O)OC(CCCCCCCCCCC)CC(=O)NC(CO)C(O)CCCCCCCCCCCCCCCCC. The van der Waals surface area contributed by atoms with Gasteiger partial charge in [-0.25, -0.2) is 0 Å². The zero-order valence-corrected chi connectivity index (χ0v) is 41.0. The molecule has 0 heterocycles. The minimum absolute atomic E-state index is 0.0645. The standard InChI is InChI=1S/C56H101NO5/c1-4-7-10-13-16-19-21-23-25-26-27-28-30-32-34-37-40-43-46-49-56(61)62-52(47-44-41-38-35-18-15-12-9-6-3)50-55(60)57-53(51-58)54(59)48-45-42-39-36-33-31-29-24-22-20-17-14-11-8-5-2/h7,10,16,19,23,25,27-28,32,34,52-54,58-59H,4-6,8-9,11-15,17-18,20-22,24,26,29-31,33,35-51H2,1-3H3,(H,57,60)/b10-7-,19-16-,25-23-,28-27-,34-32-. The monoisotopic (exact) mass is 868 g/mol. The number of amides is 1. The highest BCUT2D eigenvalue weighted by molar-refractivity contribution is 5.77. The number of hydrogen-bond acceptors (Lipinski definition) is 5. The third kappa shape index (κ3) is 44.2. The Bertz CT molecular complexity index is 1110. The highest BCUT2D eigenvalue weighted by Crippen LogP contribution is 2.18. The van der Waals surface area contributed by atoms with Gasteiger partial charge >= 0.3 is 5.97 Å². The van der Waals surface area contributed by atoms with Crippen molar-refractivity contribution in [1.29, 1.82) is 0 Å². The Hall–Kier alpha value is -2.44. The molecule has 0 spiro atoms. The average Bonchev–Trinajstić information content (AvgIpc) is 3.26. The first-order chi connectivity index (χ1) is 30.5. The van der Waals surface area contributed by atoms with E-state index in [0.29, 0.717) is 19.3 Å². The molecule has 0 saturated heterocycles. The van der Waals surface area contributed by atoms with Crippen LogP contribution >= 0.6 is 0 Å². The van der Waals surface area contributed by atoms with E-state index in [0.717, 1.165) is 96.3 Å². The molecular formula is C56H101NO5. The lowest BCUT2D eigenvalue weighted by Gasteiger charge is -2.24. The van der Waals surface area contributed by atoms with Crippen molar-refractivity contribution in [2.75, 3.05) is 6.61 Å². The van der Waals surface area contributed by atoms with E-state index < -0.39 is 18.2 Å². The largest absolute Gasteiger partial charge is 0.462 e. The molecule has 0 rings (SSSR count). The van der Waals surface area contributed by atoms with Crippen LogP contribution in [0.25, 0.3) is 0 Å². The van der Waals surface area contributed by atoms with E-state index in [4.69, 9.17) is 4.74 Å². The van der Waals surface area contributed by atoms with Crippen molar-refractivity contribution in [1.82, 2.24) is 5.32 Å². The minimum Gasteiger partial charge on any atom is -0.462 e. The Kier molecular flexibility index (Phi) is 47.6. The quantitative estimate of drug-likeness (QED) is 0.0322. The number of aliphatic hydroxyl groups is 2. The molecule has 0 radical (unpaired) electrons. The fourth-order valence-corrected chi connectivity index (χ4v) is 7.87. The molecule has 0 bridgehead atoms. The van der Waals surface area contributed by atoms with Gasteiger partial charge in [-0.05, 0) is 70.6 Å². The van der Waals surface area contributed by atoms with Crippen LogP contribution in [0.2, 0.25) is 0 Å². The van der Waals surface area contributed by atoms with Gasteiger partial charge in [-0.15, -0.1) is 0 Å². The van der Waals surface area contributed by atoms with Gasteiger partial charge in [0.2, 0.25) is 5.91 Å². The molecule has 360 valence electrons. The molecule has 3 N–H and O–H groups in total. The first kappa shape index (κ1) is 59.6. The summed E-state index contributed by atoms with van der Waals surface area (Å²) in [7, 11) is 0. The van der Waals surface area contributed by atoms with Gasteiger partial charge in [0.05, 0.1) is 25.2 Å². The van der Waals surface area contributed by atoms with Crippen LogP contribution < -0.4 is 5.32 Å². The van der Waals surface area contributed by atoms with Crippen LogP contribution in [-0.2, 0) is 14.3 Å². The molecule has 0 aliphatic rings. The van der Waals surface area contributed by atoms with Crippen LogP contribution in [0.1, 0.15) is 258 Å². The Balaban J connectivity index is 4.49. The van der Waals surface area contributed by atoms with Gasteiger partial charge in [0.1, 0.15) is 6.10 Å². The molecule has 6 nitrogen and oxygen atoms in total. The van der Waals surface area contributed by atoms with Gasteiger partial charge in [0.15, 0.2) is 0 Å². The highest BCUT2D eigenvalue weighted by Gasteiger charge is 2.24. The van der Waals surface area contributed by atoms with Gasteiger partial charge in [-0.3, -0.25) is 9.59 Å². The summed E-state index contributed by atoms with van der Waals surface area (Å²) in [5, 5.41) is 23.8. The van der Waals surface area contributed by atoms with Crippen molar-refractivity contribution in [3.05, 3.63) is 60.8 Å². The van der Waals surface area contributed by atoms with Crippen LogP contribution in [0.15, 0.2) is 60.8 Å². The van der Waals surface area contributed by atoms with Crippen LogP contribution in [0.5, 0.6) is 0 Å². The third-order valence-corrected chi connectivity index (χ3v) is 11.9. The predicted molar refractivity (Wildman–Crippen MR) is 268 cm³/mol. The fraction of sp³-hybridized carbons (Fsp3) is 0.786. The summed E-state index contributed by atoms with van der Waals surface area (Å²) in [6.45, 7) is 6.36. The maximum atomic E-state index is 13.2. The molecule has 3 atom stereocenters. The van der Waals surface area contributed by atoms with Crippen LogP contribution in [0.3, 0.4) is 0 Å². The van der Waals surface area contributed by atoms with E-state index in [1.807, 2.05) is 0 Å². The summed E-state index contributed by atoms with van der Waals surface area (Å²) < 4.78 is 5.91. The summed E-state index contributed by atoms with van der Waals surface area (Å²) in [6, 6.07) is -0.707. The van der Waals surface area contributed by atoms with E-state index in [9.17, 15) is 19.8 Å². The molecule has 0 aliphatic carbocycles. The number of allylic oxidation sites excluding steroid dienone is 10. The number of unbranched alkanes of at least 4 members (excludes halogenated alkanes) is 25. The fourth-order valence-electron chi connectivity index (χ4n) is 7.87. The van der Waals surface area contributed by atoms with Crippen LogP contribution in [0, 0.1) is 0 Å². The Labute approximate surface area is 384 Å². The number of ether oxygens (including phenoxy) is 1. The first-order valence-electron chi connectivity index (χ1n) is 26.5. The molecule has 62 heavy (non-hydrogen) atoms. The lowest BCUT2D eigenvalue weighted by molar-refractivity contribution is -0.151. The number of nitrogens with one attached hydrogen (secondary N) is 1. The maximum Gasteiger partial charge on any atom is 0.306 e. The van der Waals surface area contributed by atoms with Crippen molar-refractivity contribution < 1.29 is 24.5 Å². The van der Waals surface area contributed by atoms with Crippen LogP contribution in [-0.4, -0.2) is 46.9 Å². The number of hydrogen-bond donors (Lipinski definition) is 3. The number of esters is 1. The molecule has 0 aliphatic heterocycles. The summed E-state index contributed by atoms with van der Waals surface area (Å²) in [5.74, 6) is -0.508. The molecular weight excluding hydrogens is 767 g/mol. The second kappa shape index (κ2) is 49.6. The zero-order valence-electron chi connectivity index (χ0n) is 41.0. The van der Waals surface area contributed by atoms with Crippen molar-refractivity contribution >= 4 is 11.9 Å². The summed E-state index contributed by atoms with van der Waals surface area (Å²) in [6.07, 6.45) is 61.4. The van der Waals surface area contributed by atoms with Gasteiger partial charge in [0, 0.05) is 6.42 Å². The first-order valence-corrected chi connectivity index (χ1v) is 26.5. The Morgan fingerprint density at radius 2 is 0.871 bits per heavy atom. The minimum atomic E-state index is -0.793. The van der Waals surface area contributed by atoms with Crippen molar-refractivity contribution in [3.63, 3.8) is 0 Å². The van der Waals surface area contributed by atoms with Gasteiger partial charge in [0.25, 0.3) is 0 Å². The van der Waals surface area contributed by atoms with E-state index in [1.165, 1.54) is 116 Å². The van der Waals surface area contributed by atoms with E-state index in [2.05, 4.69) is 86.8 Å². The number of carbonyl (C=O) groups excluding carboxylic acids is 2. The number of carbonyl (C=O) groups is 2. The lowest BCUT2D eigenvalue weighted by atomic mass is 10.0. The molecule has 1 amide bonds. The number of aliphatic hydroxyl groups excluding tert-OH is 2. The Morgan fingerprint density at radius 3 is 1.31 bits per heavy atom. The van der Waals surface area contributed by atoms with Crippen molar-refractivity contribution in [2.45, 2.75) is 277 Å². The molecule has 0 aromatic carbocycles. The molecule has 3 unspecified atom stereocenters. The normalized spacial score (nSPS) is 13.7. The highest BCUT2D eigenvalue weighted by atomic mass is 16.5. The summed E-state index contributed by atoms with van der Waals surface area (Å²) >= 11 is 0. The smallest absolute Gasteiger partial charge is 0.306 e. The molecule has 0 fully saturated rings. The molecule has 0 aromatic heterocycles. The maximum absolute atomic E-state index is 13.2. The second-order valence-electron chi connectivity index (χ2n) is 17.9. The van der Waals surface area contributed by atoms with Gasteiger partial charge in [-0.2, -0.15) is 0 Å². The molecule has 0 aromatic rings.